The van der Waals surface area contributed by atoms with Crippen LogP contribution in [0.3, 0.4) is 0 Å². The second kappa shape index (κ2) is 10.7. The number of methoxy groups -OCH3 is 1. The Morgan fingerprint density at radius 1 is 0.871 bits per heavy atom. The standard InChI is InChI=1S/C24H25NO5S/c1-29-22-12-14-23(15-13-22)31(27,28)18-21(16-19-8-4-2-5-9-19)24(26)25-30-17-20-10-6-3-7-11-20/h2-15,21H,16-18H2,1H3,(H,25,26). The summed E-state index contributed by atoms with van der Waals surface area (Å²) in [6.07, 6.45) is 0.275. The van der Waals surface area contributed by atoms with Crippen LogP contribution in [-0.2, 0) is 32.5 Å². The van der Waals surface area contributed by atoms with Gasteiger partial charge in [0.2, 0.25) is 5.91 Å². The van der Waals surface area contributed by atoms with Gasteiger partial charge in [0.1, 0.15) is 5.75 Å². The van der Waals surface area contributed by atoms with Crippen LogP contribution in [0.5, 0.6) is 5.75 Å². The molecule has 0 fully saturated rings. The topological polar surface area (TPSA) is 81.7 Å². The number of hydrogen-bond acceptors (Lipinski definition) is 5. The molecular formula is C24H25NO5S. The van der Waals surface area contributed by atoms with E-state index in [0.717, 1.165) is 11.1 Å². The third-order valence-corrected chi connectivity index (χ3v) is 6.62. The highest BCUT2D eigenvalue weighted by molar-refractivity contribution is 7.91. The van der Waals surface area contributed by atoms with Crippen molar-refractivity contribution < 1.29 is 22.8 Å². The van der Waals surface area contributed by atoms with E-state index in [1.165, 1.54) is 19.2 Å². The van der Waals surface area contributed by atoms with Crippen LogP contribution in [0.2, 0.25) is 0 Å². The second-order valence-corrected chi connectivity index (χ2v) is 9.12. The number of rotatable bonds is 10. The Morgan fingerprint density at radius 2 is 1.45 bits per heavy atom. The first-order valence-electron chi connectivity index (χ1n) is 9.84. The molecule has 1 unspecified atom stereocenters. The number of benzene rings is 3. The van der Waals surface area contributed by atoms with E-state index in [1.807, 2.05) is 60.7 Å². The van der Waals surface area contributed by atoms with Crippen LogP contribution < -0.4 is 10.2 Å². The lowest BCUT2D eigenvalue weighted by Crippen LogP contribution is -2.36. The SMILES string of the molecule is COc1ccc(S(=O)(=O)CC(Cc2ccccc2)C(=O)NOCc2ccccc2)cc1. The minimum absolute atomic E-state index is 0.143. The fraction of sp³-hybridized carbons (Fsp3) is 0.208. The van der Waals surface area contributed by atoms with Crippen molar-refractivity contribution in [2.75, 3.05) is 12.9 Å². The predicted molar refractivity (Wildman–Crippen MR) is 118 cm³/mol. The molecule has 6 nitrogen and oxygen atoms in total. The van der Waals surface area contributed by atoms with Gasteiger partial charge in [0.15, 0.2) is 9.84 Å². The molecule has 3 rings (SSSR count). The molecule has 7 heteroatoms. The normalized spacial score (nSPS) is 12.2. The average Bonchev–Trinajstić information content (AvgIpc) is 2.80. The van der Waals surface area contributed by atoms with Gasteiger partial charge < -0.3 is 4.74 Å². The number of carbonyl (C=O) groups is 1. The summed E-state index contributed by atoms with van der Waals surface area (Å²) in [4.78, 5) is 18.3. The Labute approximate surface area is 182 Å². The number of sulfone groups is 1. The zero-order valence-electron chi connectivity index (χ0n) is 17.2. The summed E-state index contributed by atoms with van der Waals surface area (Å²) in [7, 11) is -2.19. The van der Waals surface area contributed by atoms with E-state index in [-0.39, 0.29) is 23.7 Å². The third kappa shape index (κ3) is 6.67. The summed E-state index contributed by atoms with van der Waals surface area (Å²) < 4.78 is 31.0. The van der Waals surface area contributed by atoms with E-state index in [4.69, 9.17) is 9.57 Å². The highest BCUT2D eigenvalue weighted by atomic mass is 32.2. The van der Waals surface area contributed by atoms with Crippen LogP contribution in [0.4, 0.5) is 0 Å². The zero-order valence-corrected chi connectivity index (χ0v) is 18.0. The van der Waals surface area contributed by atoms with Gasteiger partial charge in [0.05, 0.1) is 30.3 Å². The van der Waals surface area contributed by atoms with Gasteiger partial charge in [-0.05, 0) is 41.8 Å². The highest BCUT2D eigenvalue weighted by Crippen LogP contribution is 2.20. The molecule has 0 heterocycles. The zero-order chi connectivity index (χ0) is 22.1. The van der Waals surface area contributed by atoms with Gasteiger partial charge in [-0.25, -0.2) is 13.9 Å². The molecule has 162 valence electrons. The molecule has 0 bridgehead atoms. The van der Waals surface area contributed by atoms with Crippen LogP contribution in [-0.4, -0.2) is 27.2 Å². The maximum absolute atomic E-state index is 13.0. The minimum Gasteiger partial charge on any atom is -0.497 e. The molecule has 3 aromatic carbocycles. The van der Waals surface area contributed by atoms with E-state index in [2.05, 4.69) is 5.48 Å². The number of nitrogens with one attached hydrogen (secondary N) is 1. The molecule has 0 radical (unpaired) electrons. The second-order valence-electron chi connectivity index (χ2n) is 7.08. The molecule has 0 saturated carbocycles. The molecule has 0 spiro atoms. The average molecular weight is 440 g/mol. The van der Waals surface area contributed by atoms with Crippen molar-refractivity contribution >= 4 is 15.7 Å². The molecule has 1 atom stereocenters. The molecule has 0 aliphatic carbocycles. The summed E-state index contributed by atoms with van der Waals surface area (Å²) in [6.45, 7) is 0.190. The number of carbonyl (C=O) groups excluding carboxylic acids is 1. The van der Waals surface area contributed by atoms with Crippen molar-refractivity contribution in [1.29, 1.82) is 0 Å². The van der Waals surface area contributed by atoms with Crippen molar-refractivity contribution in [2.45, 2.75) is 17.9 Å². The molecule has 0 aliphatic heterocycles. The Kier molecular flexibility index (Phi) is 7.81. The number of amides is 1. The number of hydroxylamine groups is 1. The highest BCUT2D eigenvalue weighted by Gasteiger charge is 2.27. The Bertz CT molecular complexity index is 1070. The van der Waals surface area contributed by atoms with Crippen LogP contribution in [0.15, 0.2) is 89.8 Å². The molecule has 0 aliphatic rings. The Morgan fingerprint density at radius 3 is 2.03 bits per heavy atom. The van der Waals surface area contributed by atoms with Crippen molar-refractivity contribution in [3.05, 3.63) is 96.1 Å². The van der Waals surface area contributed by atoms with Gasteiger partial charge in [0.25, 0.3) is 0 Å². The summed E-state index contributed by atoms with van der Waals surface area (Å²) in [5, 5.41) is 0. The van der Waals surface area contributed by atoms with Crippen molar-refractivity contribution in [2.24, 2.45) is 5.92 Å². The van der Waals surface area contributed by atoms with Gasteiger partial charge in [-0.3, -0.25) is 9.63 Å². The maximum atomic E-state index is 13.0. The first kappa shape index (κ1) is 22.5. The summed E-state index contributed by atoms with van der Waals surface area (Å²) in [5.74, 6) is -1.07. The van der Waals surface area contributed by atoms with Crippen molar-refractivity contribution in [3.8, 4) is 5.75 Å². The van der Waals surface area contributed by atoms with Gasteiger partial charge >= 0.3 is 0 Å². The molecular weight excluding hydrogens is 414 g/mol. The molecule has 0 saturated heterocycles. The number of ether oxygens (including phenoxy) is 1. The van der Waals surface area contributed by atoms with E-state index in [0.29, 0.717) is 5.75 Å². The summed E-state index contributed by atoms with van der Waals surface area (Å²) in [6, 6.07) is 24.8. The predicted octanol–water partition coefficient (Wildman–Crippen LogP) is 3.58. The molecule has 3 aromatic rings. The minimum atomic E-state index is -3.70. The van der Waals surface area contributed by atoms with Crippen molar-refractivity contribution in [1.82, 2.24) is 5.48 Å². The van der Waals surface area contributed by atoms with Gasteiger partial charge in [0, 0.05) is 0 Å². The lowest BCUT2D eigenvalue weighted by atomic mass is 10.0. The van der Waals surface area contributed by atoms with Crippen molar-refractivity contribution in [3.63, 3.8) is 0 Å². The third-order valence-electron chi connectivity index (χ3n) is 4.79. The fourth-order valence-corrected chi connectivity index (χ4v) is 4.66. The van der Waals surface area contributed by atoms with Crippen LogP contribution in [0.25, 0.3) is 0 Å². The van der Waals surface area contributed by atoms with Gasteiger partial charge in [-0.2, -0.15) is 0 Å². The molecule has 1 amide bonds. The van der Waals surface area contributed by atoms with Crippen LogP contribution in [0, 0.1) is 5.92 Å². The molecule has 0 aromatic heterocycles. The Balaban J connectivity index is 1.72. The lowest BCUT2D eigenvalue weighted by molar-refractivity contribution is -0.138. The van der Waals surface area contributed by atoms with E-state index < -0.39 is 21.7 Å². The maximum Gasteiger partial charge on any atom is 0.248 e. The molecule has 31 heavy (non-hydrogen) atoms. The molecule has 1 N–H and O–H groups in total. The number of hydrogen-bond donors (Lipinski definition) is 1. The largest absolute Gasteiger partial charge is 0.497 e. The summed E-state index contributed by atoms with van der Waals surface area (Å²) in [5.41, 5.74) is 4.19. The quantitative estimate of drug-likeness (QED) is 0.489. The van der Waals surface area contributed by atoms with Gasteiger partial charge in [-0.1, -0.05) is 60.7 Å². The smallest absolute Gasteiger partial charge is 0.248 e. The fourth-order valence-electron chi connectivity index (χ4n) is 3.12. The van der Waals surface area contributed by atoms with Crippen LogP contribution in [0.1, 0.15) is 11.1 Å². The van der Waals surface area contributed by atoms with Gasteiger partial charge in [-0.15, -0.1) is 0 Å². The summed E-state index contributed by atoms with van der Waals surface area (Å²) >= 11 is 0. The first-order chi connectivity index (χ1) is 15.0. The first-order valence-corrected chi connectivity index (χ1v) is 11.5. The monoisotopic (exact) mass is 439 g/mol. The van der Waals surface area contributed by atoms with Crippen LogP contribution >= 0.6 is 0 Å². The van der Waals surface area contributed by atoms with E-state index >= 15 is 0 Å². The lowest BCUT2D eigenvalue weighted by Gasteiger charge is -2.17. The van der Waals surface area contributed by atoms with E-state index in [1.54, 1.807) is 12.1 Å². The van der Waals surface area contributed by atoms with E-state index in [9.17, 15) is 13.2 Å². The Hall–Kier alpha value is -3.16.